The van der Waals surface area contributed by atoms with Gasteiger partial charge in [-0.3, -0.25) is 4.79 Å². The average molecular weight is 344 g/mol. The fourth-order valence-electron chi connectivity index (χ4n) is 2.29. The number of methoxy groups -OCH3 is 2. The van der Waals surface area contributed by atoms with E-state index in [-0.39, 0.29) is 11.9 Å². The van der Waals surface area contributed by atoms with Crippen LogP contribution in [0.4, 0.5) is 5.82 Å². The number of aromatic nitrogens is 2. The molecule has 1 aromatic heterocycles. The number of nitrogens with one attached hydrogen (secondary N) is 2. The number of rotatable bonds is 8. The third kappa shape index (κ3) is 5.34. The first-order chi connectivity index (χ1) is 12.0. The molecule has 0 spiro atoms. The zero-order valence-electron chi connectivity index (χ0n) is 15.0. The highest BCUT2D eigenvalue weighted by atomic mass is 16.5. The van der Waals surface area contributed by atoms with Crippen LogP contribution in [0, 0.1) is 0 Å². The first-order valence-corrected chi connectivity index (χ1v) is 8.11. The second kappa shape index (κ2) is 8.86. The molecule has 25 heavy (non-hydrogen) atoms. The quantitative estimate of drug-likeness (QED) is 0.764. The van der Waals surface area contributed by atoms with Crippen LogP contribution in [0.25, 0.3) is 0 Å². The Hall–Kier alpha value is -2.83. The molecule has 2 N–H and O–H groups in total. The normalized spacial score (nSPS) is 10.4. The van der Waals surface area contributed by atoms with Crippen LogP contribution < -0.4 is 20.1 Å². The maximum atomic E-state index is 12.0. The monoisotopic (exact) mass is 344 g/mol. The van der Waals surface area contributed by atoms with Crippen LogP contribution in [-0.4, -0.2) is 42.7 Å². The van der Waals surface area contributed by atoms with Crippen molar-refractivity contribution < 1.29 is 14.3 Å². The second-order valence-corrected chi connectivity index (χ2v) is 5.78. The van der Waals surface area contributed by atoms with E-state index in [9.17, 15) is 4.79 Å². The molecule has 0 atom stereocenters. The molecule has 0 aliphatic carbocycles. The lowest BCUT2D eigenvalue weighted by molar-refractivity contribution is 0.0938. The van der Waals surface area contributed by atoms with Crippen LogP contribution in [0.15, 0.2) is 30.6 Å². The van der Waals surface area contributed by atoms with Crippen molar-refractivity contribution in [3.05, 3.63) is 41.9 Å². The van der Waals surface area contributed by atoms with E-state index >= 15 is 0 Å². The van der Waals surface area contributed by atoms with Gasteiger partial charge in [0.2, 0.25) is 0 Å². The maximum absolute atomic E-state index is 12.0. The molecule has 0 aliphatic heterocycles. The zero-order valence-corrected chi connectivity index (χ0v) is 15.0. The minimum atomic E-state index is -0.208. The van der Waals surface area contributed by atoms with Crippen LogP contribution >= 0.6 is 0 Å². The summed E-state index contributed by atoms with van der Waals surface area (Å²) >= 11 is 0. The minimum Gasteiger partial charge on any atom is -0.493 e. The standard InChI is InChI=1S/C18H24N4O3/c1-12(2)22-18(23)14-10-17(21-11-20-14)19-8-7-13-5-6-15(24-3)16(9-13)25-4/h5-6,9-12H,7-8H2,1-4H3,(H,22,23)(H,19,20,21). The van der Waals surface area contributed by atoms with E-state index in [1.807, 2.05) is 32.0 Å². The summed E-state index contributed by atoms with van der Waals surface area (Å²) in [6.07, 6.45) is 2.16. The number of amides is 1. The molecule has 1 heterocycles. The smallest absolute Gasteiger partial charge is 0.270 e. The number of nitrogens with zero attached hydrogens (tertiary/aromatic N) is 2. The molecule has 0 saturated heterocycles. The SMILES string of the molecule is COc1ccc(CCNc2cc(C(=O)NC(C)C)ncn2)cc1OC. The van der Waals surface area contributed by atoms with Gasteiger partial charge in [-0.05, 0) is 38.0 Å². The van der Waals surface area contributed by atoms with Gasteiger partial charge in [0.15, 0.2) is 11.5 Å². The van der Waals surface area contributed by atoms with Gasteiger partial charge >= 0.3 is 0 Å². The summed E-state index contributed by atoms with van der Waals surface area (Å²) in [6, 6.07) is 7.52. The third-order valence-corrected chi connectivity index (χ3v) is 3.49. The number of carbonyl (C=O) groups excluding carboxylic acids is 1. The van der Waals surface area contributed by atoms with Gasteiger partial charge in [-0.25, -0.2) is 9.97 Å². The number of benzene rings is 1. The number of anilines is 1. The highest BCUT2D eigenvalue weighted by Crippen LogP contribution is 2.27. The van der Waals surface area contributed by atoms with Crippen molar-refractivity contribution in [2.24, 2.45) is 0 Å². The fraction of sp³-hybridized carbons (Fsp3) is 0.389. The van der Waals surface area contributed by atoms with E-state index in [1.165, 1.54) is 6.33 Å². The van der Waals surface area contributed by atoms with Crippen molar-refractivity contribution in [3.8, 4) is 11.5 Å². The summed E-state index contributed by atoms with van der Waals surface area (Å²) in [5.41, 5.74) is 1.45. The van der Waals surface area contributed by atoms with Crippen LogP contribution in [0.3, 0.4) is 0 Å². The van der Waals surface area contributed by atoms with E-state index in [0.29, 0.717) is 29.6 Å². The van der Waals surface area contributed by atoms with Crippen LogP contribution in [0.1, 0.15) is 29.9 Å². The summed E-state index contributed by atoms with van der Waals surface area (Å²) in [5, 5.41) is 6.01. The van der Waals surface area contributed by atoms with E-state index < -0.39 is 0 Å². The van der Waals surface area contributed by atoms with Crippen molar-refractivity contribution in [3.63, 3.8) is 0 Å². The molecule has 2 rings (SSSR count). The van der Waals surface area contributed by atoms with Gasteiger partial charge < -0.3 is 20.1 Å². The minimum absolute atomic E-state index is 0.0592. The molecule has 0 radical (unpaired) electrons. The van der Waals surface area contributed by atoms with Crippen LogP contribution in [0.5, 0.6) is 11.5 Å². The summed E-state index contributed by atoms with van der Waals surface area (Å²) in [5.74, 6) is 1.82. The summed E-state index contributed by atoms with van der Waals surface area (Å²) in [4.78, 5) is 20.1. The average Bonchev–Trinajstić information content (AvgIpc) is 2.61. The van der Waals surface area contributed by atoms with E-state index in [1.54, 1.807) is 20.3 Å². The Bertz CT molecular complexity index is 719. The highest BCUT2D eigenvalue weighted by molar-refractivity contribution is 5.92. The number of carbonyl (C=O) groups is 1. The molecule has 0 unspecified atom stereocenters. The van der Waals surface area contributed by atoms with Gasteiger partial charge in [0.05, 0.1) is 14.2 Å². The molecule has 0 aliphatic rings. The van der Waals surface area contributed by atoms with Gasteiger partial charge in [-0.2, -0.15) is 0 Å². The van der Waals surface area contributed by atoms with Crippen molar-refractivity contribution in [1.29, 1.82) is 0 Å². The van der Waals surface area contributed by atoms with E-state index in [2.05, 4.69) is 20.6 Å². The largest absolute Gasteiger partial charge is 0.493 e. The predicted molar refractivity (Wildman–Crippen MR) is 96.4 cm³/mol. The van der Waals surface area contributed by atoms with Crippen molar-refractivity contribution >= 4 is 11.7 Å². The van der Waals surface area contributed by atoms with Gasteiger partial charge in [0.25, 0.3) is 5.91 Å². The van der Waals surface area contributed by atoms with E-state index in [0.717, 1.165) is 12.0 Å². The lowest BCUT2D eigenvalue weighted by Crippen LogP contribution is -2.30. The van der Waals surface area contributed by atoms with Crippen LogP contribution in [-0.2, 0) is 6.42 Å². The maximum Gasteiger partial charge on any atom is 0.270 e. The topological polar surface area (TPSA) is 85.4 Å². The van der Waals surface area contributed by atoms with E-state index in [4.69, 9.17) is 9.47 Å². The molecular weight excluding hydrogens is 320 g/mol. The Labute approximate surface area is 147 Å². The molecule has 1 aromatic carbocycles. The lowest BCUT2D eigenvalue weighted by atomic mass is 10.1. The molecular formula is C18H24N4O3. The Morgan fingerprint density at radius 2 is 1.88 bits per heavy atom. The summed E-state index contributed by atoms with van der Waals surface area (Å²) in [6.45, 7) is 4.47. The molecule has 0 bridgehead atoms. The molecule has 7 heteroatoms. The summed E-state index contributed by atoms with van der Waals surface area (Å²) < 4.78 is 10.5. The molecule has 0 saturated carbocycles. The first kappa shape index (κ1) is 18.5. The number of hydrogen-bond donors (Lipinski definition) is 2. The summed E-state index contributed by atoms with van der Waals surface area (Å²) in [7, 11) is 3.23. The highest BCUT2D eigenvalue weighted by Gasteiger charge is 2.10. The predicted octanol–water partition coefficient (Wildman–Crippen LogP) is 2.29. The van der Waals surface area contributed by atoms with Crippen LogP contribution in [0.2, 0.25) is 0 Å². The molecule has 134 valence electrons. The van der Waals surface area contributed by atoms with Gasteiger partial charge in [-0.1, -0.05) is 6.07 Å². The fourth-order valence-corrected chi connectivity index (χ4v) is 2.29. The Morgan fingerprint density at radius 1 is 1.12 bits per heavy atom. The zero-order chi connectivity index (χ0) is 18.2. The Morgan fingerprint density at radius 3 is 2.56 bits per heavy atom. The van der Waals surface area contributed by atoms with Crippen molar-refractivity contribution in [2.45, 2.75) is 26.3 Å². The molecule has 7 nitrogen and oxygen atoms in total. The molecule has 0 fully saturated rings. The first-order valence-electron chi connectivity index (χ1n) is 8.11. The molecule has 1 amide bonds. The van der Waals surface area contributed by atoms with Crippen molar-refractivity contribution in [2.75, 3.05) is 26.1 Å². The molecule has 2 aromatic rings. The number of ether oxygens (including phenoxy) is 2. The van der Waals surface area contributed by atoms with Gasteiger partial charge in [0.1, 0.15) is 17.8 Å². The Kier molecular flexibility index (Phi) is 6.56. The second-order valence-electron chi connectivity index (χ2n) is 5.78. The van der Waals surface area contributed by atoms with Gasteiger partial charge in [0, 0.05) is 18.7 Å². The lowest BCUT2D eigenvalue weighted by Gasteiger charge is -2.11. The number of hydrogen-bond acceptors (Lipinski definition) is 6. The van der Waals surface area contributed by atoms with Gasteiger partial charge in [-0.15, -0.1) is 0 Å². The Balaban J connectivity index is 1.95. The van der Waals surface area contributed by atoms with Crippen molar-refractivity contribution in [1.82, 2.24) is 15.3 Å². The third-order valence-electron chi connectivity index (χ3n) is 3.49.